The summed E-state index contributed by atoms with van der Waals surface area (Å²) < 4.78 is 13.1. The second-order valence-corrected chi connectivity index (χ2v) is 6.97. The molecule has 2 aromatic rings. The first-order chi connectivity index (χ1) is 12.0. The number of methoxy groups -OCH3 is 1. The summed E-state index contributed by atoms with van der Waals surface area (Å²) in [6.07, 6.45) is 3.66. The predicted octanol–water partition coefficient (Wildman–Crippen LogP) is 3.47. The van der Waals surface area contributed by atoms with Gasteiger partial charge >= 0.3 is 0 Å². The maximum Gasteiger partial charge on any atom is 0.259 e. The second-order valence-electron chi connectivity index (χ2n) is 6.97. The number of nitrogens with zero attached hydrogens (tertiary/aromatic N) is 2. The van der Waals surface area contributed by atoms with Gasteiger partial charge in [-0.3, -0.25) is 9.79 Å². The summed E-state index contributed by atoms with van der Waals surface area (Å²) in [5.41, 5.74) is 2.37. The normalized spacial score (nSPS) is 16.4. The third kappa shape index (κ3) is 3.47. The Labute approximate surface area is 148 Å². The Morgan fingerprint density at radius 1 is 1.36 bits per heavy atom. The molecular formula is C20H26N2O3. The summed E-state index contributed by atoms with van der Waals surface area (Å²) >= 11 is 0. The Bertz CT molecular complexity index is 852. The molecule has 1 atom stereocenters. The van der Waals surface area contributed by atoms with Crippen LogP contribution in [0.25, 0.3) is 10.9 Å². The van der Waals surface area contributed by atoms with Crippen molar-refractivity contribution >= 4 is 17.1 Å². The standard InChI is InChI=1S/C20H26N2O3/c1-13(2)6-5-9-25-14-7-8-15-17(10-14)22(3)20(23)16-11-21-12-18(24-4)19(15)16/h7-8,10-11,13,18H,5-6,9,12H2,1-4H3. The lowest BCUT2D eigenvalue weighted by atomic mass is 9.96. The zero-order valence-electron chi connectivity index (χ0n) is 15.4. The minimum atomic E-state index is -0.186. The van der Waals surface area contributed by atoms with Crippen molar-refractivity contribution in [3.05, 3.63) is 39.7 Å². The molecule has 0 saturated heterocycles. The number of rotatable bonds is 6. The number of aryl methyl sites for hydroxylation is 1. The van der Waals surface area contributed by atoms with Gasteiger partial charge in [-0.25, -0.2) is 0 Å². The monoisotopic (exact) mass is 342 g/mol. The number of hydrogen-bond donors (Lipinski definition) is 0. The molecule has 1 aromatic carbocycles. The van der Waals surface area contributed by atoms with E-state index in [0.717, 1.165) is 35.1 Å². The topological polar surface area (TPSA) is 52.8 Å². The Morgan fingerprint density at radius 3 is 2.88 bits per heavy atom. The van der Waals surface area contributed by atoms with E-state index in [2.05, 4.69) is 18.8 Å². The van der Waals surface area contributed by atoms with Crippen LogP contribution in [0.15, 0.2) is 28.0 Å². The lowest BCUT2D eigenvalue weighted by molar-refractivity contribution is 0.111. The highest BCUT2D eigenvalue weighted by molar-refractivity contribution is 5.94. The average molecular weight is 342 g/mol. The Hall–Kier alpha value is -2.14. The van der Waals surface area contributed by atoms with Gasteiger partial charge in [0.05, 0.1) is 24.2 Å². The first-order valence-corrected chi connectivity index (χ1v) is 8.85. The average Bonchev–Trinajstić information content (AvgIpc) is 2.62. The van der Waals surface area contributed by atoms with Crippen LogP contribution in [0.3, 0.4) is 0 Å². The maximum atomic E-state index is 12.7. The van der Waals surface area contributed by atoms with Gasteiger partial charge in [0.2, 0.25) is 0 Å². The first-order valence-electron chi connectivity index (χ1n) is 8.85. The van der Waals surface area contributed by atoms with Crippen LogP contribution in [-0.4, -0.2) is 31.0 Å². The van der Waals surface area contributed by atoms with Crippen LogP contribution in [0.4, 0.5) is 0 Å². The van der Waals surface area contributed by atoms with Crippen LogP contribution in [0, 0.1) is 5.92 Å². The van der Waals surface area contributed by atoms with Gasteiger partial charge in [-0.1, -0.05) is 13.8 Å². The fourth-order valence-corrected chi connectivity index (χ4v) is 3.33. The minimum Gasteiger partial charge on any atom is -0.494 e. The molecule has 2 heterocycles. The lowest BCUT2D eigenvalue weighted by Gasteiger charge is -2.23. The fourth-order valence-electron chi connectivity index (χ4n) is 3.33. The molecule has 0 saturated carbocycles. The summed E-state index contributed by atoms with van der Waals surface area (Å²) in [4.78, 5) is 17.0. The second kappa shape index (κ2) is 7.40. The van der Waals surface area contributed by atoms with E-state index in [0.29, 0.717) is 24.6 Å². The minimum absolute atomic E-state index is 0.0510. The van der Waals surface area contributed by atoms with E-state index in [1.807, 2.05) is 18.2 Å². The van der Waals surface area contributed by atoms with Crippen LogP contribution in [0.1, 0.15) is 43.9 Å². The molecule has 25 heavy (non-hydrogen) atoms. The van der Waals surface area contributed by atoms with Crippen LogP contribution >= 0.6 is 0 Å². The van der Waals surface area contributed by atoms with Crippen molar-refractivity contribution in [1.82, 2.24) is 4.57 Å². The number of pyridine rings is 1. The number of aromatic nitrogens is 1. The van der Waals surface area contributed by atoms with Gasteiger partial charge in [-0.15, -0.1) is 0 Å². The third-order valence-electron chi connectivity index (χ3n) is 4.74. The van der Waals surface area contributed by atoms with Crippen molar-refractivity contribution < 1.29 is 9.47 Å². The van der Waals surface area contributed by atoms with E-state index in [-0.39, 0.29) is 11.7 Å². The van der Waals surface area contributed by atoms with Gasteiger partial charge in [0.1, 0.15) is 11.9 Å². The molecule has 0 amide bonds. The van der Waals surface area contributed by atoms with E-state index in [1.165, 1.54) is 0 Å². The van der Waals surface area contributed by atoms with Crippen molar-refractivity contribution in [2.45, 2.75) is 32.8 Å². The van der Waals surface area contributed by atoms with Gasteiger partial charge < -0.3 is 14.0 Å². The molecule has 0 radical (unpaired) electrons. The van der Waals surface area contributed by atoms with Gasteiger partial charge in [0.25, 0.3) is 5.56 Å². The molecule has 0 N–H and O–H groups in total. The predicted molar refractivity (Wildman–Crippen MR) is 101 cm³/mol. The maximum absolute atomic E-state index is 12.7. The van der Waals surface area contributed by atoms with Crippen molar-refractivity contribution in [3.63, 3.8) is 0 Å². The van der Waals surface area contributed by atoms with Crippen LogP contribution in [0.2, 0.25) is 0 Å². The van der Waals surface area contributed by atoms with Crippen molar-refractivity contribution in [2.75, 3.05) is 20.3 Å². The molecule has 0 fully saturated rings. The summed E-state index contributed by atoms with van der Waals surface area (Å²) in [7, 11) is 3.45. The SMILES string of the molecule is COC1CN=Cc2c1c1ccc(OCCCC(C)C)cc1n(C)c2=O. The van der Waals surface area contributed by atoms with Crippen molar-refractivity contribution in [2.24, 2.45) is 18.0 Å². The zero-order valence-corrected chi connectivity index (χ0v) is 15.4. The summed E-state index contributed by atoms with van der Waals surface area (Å²) in [6.45, 7) is 5.66. The van der Waals surface area contributed by atoms with Gasteiger partial charge in [0, 0.05) is 37.4 Å². The number of hydrogen-bond acceptors (Lipinski definition) is 4. The van der Waals surface area contributed by atoms with Crippen LogP contribution in [-0.2, 0) is 11.8 Å². The van der Waals surface area contributed by atoms with Crippen LogP contribution < -0.4 is 10.3 Å². The Morgan fingerprint density at radius 2 is 2.16 bits per heavy atom. The number of benzene rings is 1. The number of ether oxygens (including phenoxy) is 2. The molecule has 1 unspecified atom stereocenters. The molecule has 1 aliphatic rings. The third-order valence-corrected chi connectivity index (χ3v) is 4.74. The smallest absolute Gasteiger partial charge is 0.259 e. The quantitative estimate of drug-likeness (QED) is 0.755. The molecule has 0 spiro atoms. The van der Waals surface area contributed by atoms with E-state index in [4.69, 9.17) is 9.47 Å². The highest BCUT2D eigenvalue weighted by Gasteiger charge is 2.24. The zero-order chi connectivity index (χ0) is 18.0. The highest BCUT2D eigenvalue weighted by atomic mass is 16.5. The Balaban J connectivity index is 1.99. The summed E-state index contributed by atoms with van der Waals surface area (Å²) in [6, 6.07) is 5.95. The Kier molecular flexibility index (Phi) is 5.23. The van der Waals surface area contributed by atoms with E-state index in [9.17, 15) is 4.79 Å². The van der Waals surface area contributed by atoms with Crippen molar-refractivity contribution in [1.29, 1.82) is 0 Å². The van der Waals surface area contributed by atoms with Crippen LogP contribution in [0.5, 0.6) is 5.75 Å². The summed E-state index contributed by atoms with van der Waals surface area (Å²) in [5.74, 6) is 1.48. The van der Waals surface area contributed by atoms with E-state index < -0.39 is 0 Å². The molecule has 5 heteroatoms. The number of fused-ring (bicyclic) bond motifs is 3. The van der Waals surface area contributed by atoms with Gasteiger partial charge in [-0.05, 0) is 30.9 Å². The molecule has 3 rings (SSSR count). The molecule has 1 aromatic heterocycles. The molecule has 0 aliphatic carbocycles. The first kappa shape index (κ1) is 17.7. The summed E-state index contributed by atoms with van der Waals surface area (Å²) in [5, 5.41) is 1.02. The van der Waals surface area contributed by atoms with Gasteiger partial charge in [-0.2, -0.15) is 0 Å². The van der Waals surface area contributed by atoms with E-state index in [1.54, 1.807) is 24.9 Å². The lowest BCUT2D eigenvalue weighted by Crippen LogP contribution is -2.28. The largest absolute Gasteiger partial charge is 0.494 e. The molecule has 5 nitrogen and oxygen atoms in total. The van der Waals surface area contributed by atoms with Gasteiger partial charge in [0.15, 0.2) is 0 Å². The molecule has 0 bridgehead atoms. The molecule has 1 aliphatic heterocycles. The highest BCUT2D eigenvalue weighted by Crippen LogP contribution is 2.31. The van der Waals surface area contributed by atoms with E-state index >= 15 is 0 Å². The van der Waals surface area contributed by atoms with Crippen molar-refractivity contribution in [3.8, 4) is 5.75 Å². The molecule has 134 valence electrons. The fraction of sp³-hybridized carbons (Fsp3) is 0.500. The molecular weight excluding hydrogens is 316 g/mol. The number of aliphatic imine (C=N–C) groups is 1.